The van der Waals surface area contributed by atoms with Gasteiger partial charge in [0.05, 0.1) is 6.04 Å². The topological polar surface area (TPSA) is 44.4 Å². The van der Waals surface area contributed by atoms with E-state index in [1.807, 2.05) is 6.92 Å². The summed E-state index contributed by atoms with van der Waals surface area (Å²) in [6, 6.07) is 8.68. The molecule has 0 spiro atoms. The summed E-state index contributed by atoms with van der Waals surface area (Å²) in [6.45, 7) is 4.24. The van der Waals surface area contributed by atoms with Crippen LogP contribution in [0, 0.1) is 0 Å². The van der Waals surface area contributed by atoms with Crippen LogP contribution in [0.2, 0.25) is 0 Å². The number of piperidine rings is 1. The molecule has 1 heterocycles. The molecule has 0 radical (unpaired) electrons. The van der Waals surface area contributed by atoms with Gasteiger partial charge in [-0.2, -0.15) is 0 Å². The highest BCUT2D eigenvalue weighted by molar-refractivity contribution is 5.74. The number of hydrogen-bond donors (Lipinski definition) is 2. The maximum absolute atomic E-state index is 11.6. The van der Waals surface area contributed by atoms with Crippen LogP contribution in [-0.4, -0.2) is 38.1 Å². The van der Waals surface area contributed by atoms with Gasteiger partial charge in [-0.1, -0.05) is 24.3 Å². The number of nitrogens with one attached hydrogen (secondary N) is 2. The van der Waals surface area contributed by atoms with Gasteiger partial charge in [-0.25, -0.2) is 4.79 Å². The Morgan fingerprint density at radius 2 is 1.85 bits per heavy atom. The second kappa shape index (κ2) is 6.75. The summed E-state index contributed by atoms with van der Waals surface area (Å²) < 4.78 is 0. The molecule has 1 atom stereocenters. The smallest absolute Gasteiger partial charge is 0.317 e. The number of urea groups is 1. The van der Waals surface area contributed by atoms with Crippen molar-refractivity contribution in [1.82, 2.24) is 15.5 Å². The summed E-state index contributed by atoms with van der Waals surface area (Å²) in [6.07, 6.45) is 2.43. The Morgan fingerprint density at radius 1 is 1.25 bits per heavy atom. The van der Waals surface area contributed by atoms with Crippen LogP contribution in [0.25, 0.3) is 0 Å². The Morgan fingerprint density at radius 3 is 2.40 bits per heavy atom. The molecule has 0 aliphatic carbocycles. The van der Waals surface area contributed by atoms with Crippen molar-refractivity contribution in [1.29, 1.82) is 0 Å². The van der Waals surface area contributed by atoms with Gasteiger partial charge < -0.3 is 15.5 Å². The molecular formula is C16H25N3O. The third-order valence-electron chi connectivity index (χ3n) is 3.99. The summed E-state index contributed by atoms with van der Waals surface area (Å²) in [5, 5.41) is 6.37. The average molecular weight is 275 g/mol. The Labute approximate surface area is 121 Å². The first-order valence-corrected chi connectivity index (χ1v) is 7.36. The minimum atomic E-state index is -0.0556. The molecule has 1 unspecified atom stereocenters. The van der Waals surface area contributed by atoms with Crippen molar-refractivity contribution in [3.8, 4) is 0 Å². The van der Waals surface area contributed by atoms with Crippen LogP contribution in [0.3, 0.4) is 0 Å². The van der Waals surface area contributed by atoms with E-state index in [4.69, 9.17) is 0 Å². The van der Waals surface area contributed by atoms with Crippen molar-refractivity contribution in [2.45, 2.75) is 31.7 Å². The van der Waals surface area contributed by atoms with E-state index in [-0.39, 0.29) is 12.1 Å². The number of carbonyl (C=O) groups is 1. The molecule has 0 bridgehead atoms. The highest BCUT2D eigenvalue weighted by Gasteiger charge is 2.16. The summed E-state index contributed by atoms with van der Waals surface area (Å²) in [5.41, 5.74) is 2.57. The van der Waals surface area contributed by atoms with Gasteiger partial charge in [0.1, 0.15) is 0 Å². The zero-order valence-corrected chi connectivity index (χ0v) is 12.6. The Balaban J connectivity index is 1.98. The van der Waals surface area contributed by atoms with Gasteiger partial charge in [0.15, 0.2) is 0 Å². The minimum Gasteiger partial charge on any atom is -0.331 e. The summed E-state index contributed by atoms with van der Waals surface area (Å²) in [5.74, 6) is 0.678. The first kappa shape index (κ1) is 14.9. The van der Waals surface area contributed by atoms with E-state index in [1.165, 1.54) is 18.4 Å². The third-order valence-corrected chi connectivity index (χ3v) is 3.99. The lowest BCUT2D eigenvalue weighted by Gasteiger charge is -2.24. The molecule has 4 heteroatoms. The molecule has 2 rings (SSSR count). The molecule has 1 aromatic carbocycles. The lowest BCUT2D eigenvalue weighted by molar-refractivity contribution is 0.214. The molecule has 2 amide bonds. The number of amides is 2. The molecule has 1 aliphatic rings. The average Bonchev–Trinajstić information content (AvgIpc) is 2.48. The van der Waals surface area contributed by atoms with Crippen LogP contribution < -0.4 is 10.6 Å². The van der Waals surface area contributed by atoms with Gasteiger partial charge in [-0.15, -0.1) is 0 Å². The number of hydrogen-bond acceptors (Lipinski definition) is 2. The number of carbonyl (C=O) groups excluding carboxylic acids is 1. The van der Waals surface area contributed by atoms with Gasteiger partial charge in [0.25, 0.3) is 0 Å². The van der Waals surface area contributed by atoms with Crippen molar-refractivity contribution in [3.05, 3.63) is 35.4 Å². The lowest BCUT2D eigenvalue weighted by Crippen LogP contribution is -2.36. The lowest BCUT2D eigenvalue weighted by atomic mass is 9.89. The van der Waals surface area contributed by atoms with Crippen molar-refractivity contribution in [2.75, 3.05) is 27.2 Å². The fraction of sp³-hybridized carbons (Fsp3) is 0.562. The quantitative estimate of drug-likeness (QED) is 0.890. The first-order chi connectivity index (χ1) is 9.58. The van der Waals surface area contributed by atoms with E-state index in [1.54, 1.807) is 19.0 Å². The van der Waals surface area contributed by atoms with Gasteiger partial charge in [0, 0.05) is 14.1 Å². The zero-order valence-electron chi connectivity index (χ0n) is 12.6. The standard InChI is InChI=1S/C16H25N3O/c1-12(18-16(20)19(2)3)13-4-6-14(7-5-13)15-8-10-17-11-9-15/h4-7,12,15,17H,8-11H2,1-3H3,(H,18,20). The summed E-state index contributed by atoms with van der Waals surface area (Å²) in [4.78, 5) is 13.2. The van der Waals surface area contributed by atoms with E-state index in [0.717, 1.165) is 18.7 Å². The van der Waals surface area contributed by atoms with Crippen molar-refractivity contribution < 1.29 is 4.79 Å². The fourth-order valence-electron chi connectivity index (χ4n) is 2.61. The molecular weight excluding hydrogens is 250 g/mol. The van der Waals surface area contributed by atoms with Crippen LogP contribution in [0.5, 0.6) is 0 Å². The number of nitrogens with zero attached hydrogens (tertiary/aromatic N) is 1. The molecule has 4 nitrogen and oxygen atoms in total. The molecule has 0 aromatic heterocycles. The summed E-state index contributed by atoms with van der Waals surface area (Å²) in [7, 11) is 3.50. The fourth-order valence-corrected chi connectivity index (χ4v) is 2.61. The van der Waals surface area contributed by atoms with Crippen molar-refractivity contribution in [3.63, 3.8) is 0 Å². The second-order valence-electron chi connectivity index (χ2n) is 5.76. The maximum atomic E-state index is 11.6. The summed E-state index contributed by atoms with van der Waals surface area (Å²) >= 11 is 0. The van der Waals surface area contributed by atoms with E-state index < -0.39 is 0 Å². The largest absolute Gasteiger partial charge is 0.331 e. The Bertz CT molecular complexity index is 436. The monoisotopic (exact) mass is 275 g/mol. The molecule has 1 aromatic rings. The molecule has 1 fully saturated rings. The molecule has 110 valence electrons. The van der Waals surface area contributed by atoms with E-state index in [0.29, 0.717) is 5.92 Å². The molecule has 1 saturated heterocycles. The molecule has 1 aliphatic heterocycles. The minimum absolute atomic E-state index is 0.0342. The van der Waals surface area contributed by atoms with Gasteiger partial charge in [0.2, 0.25) is 0 Å². The number of rotatable bonds is 3. The highest BCUT2D eigenvalue weighted by Crippen LogP contribution is 2.26. The van der Waals surface area contributed by atoms with Crippen molar-refractivity contribution >= 4 is 6.03 Å². The van der Waals surface area contributed by atoms with Crippen LogP contribution in [0.4, 0.5) is 4.79 Å². The van der Waals surface area contributed by atoms with E-state index in [2.05, 4.69) is 34.9 Å². The normalized spacial score (nSPS) is 17.6. The molecule has 0 saturated carbocycles. The van der Waals surface area contributed by atoms with Gasteiger partial charge in [-0.05, 0) is 49.9 Å². The predicted octanol–water partition coefficient (Wildman–Crippen LogP) is 2.49. The van der Waals surface area contributed by atoms with E-state index in [9.17, 15) is 4.79 Å². The maximum Gasteiger partial charge on any atom is 0.317 e. The van der Waals surface area contributed by atoms with Crippen LogP contribution in [0.1, 0.15) is 42.9 Å². The van der Waals surface area contributed by atoms with Crippen LogP contribution >= 0.6 is 0 Å². The zero-order chi connectivity index (χ0) is 14.5. The number of benzene rings is 1. The van der Waals surface area contributed by atoms with E-state index >= 15 is 0 Å². The third kappa shape index (κ3) is 3.73. The predicted molar refractivity (Wildman–Crippen MR) is 81.9 cm³/mol. The Hall–Kier alpha value is -1.55. The van der Waals surface area contributed by atoms with Crippen LogP contribution in [0.15, 0.2) is 24.3 Å². The second-order valence-corrected chi connectivity index (χ2v) is 5.76. The highest BCUT2D eigenvalue weighted by atomic mass is 16.2. The van der Waals surface area contributed by atoms with Crippen molar-refractivity contribution in [2.24, 2.45) is 0 Å². The Kier molecular flexibility index (Phi) is 5.01. The SMILES string of the molecule is CC(NC(=O)N(C)C)c1ccc(C2CCNCC2)cc1. The molecule has 2 N–H and O–H groups in total. The van der Waals surface area contributed by atoms with Gasteiger partial charge >= 0.3 is 6.03 Å². The first-order valence-electron chi connectivity index (χ1n) is 7.36. The molecule has 20 heavy (non-hydrogen) atoms. The van der Waals surface area contributed by atoms with Crippen LogP contribution in [-0.2, 0) is 0 Å². The van der Waals surface area contributed by atoms with Gasteiger partial charge in [-0.3, -0.25) is 0 Å².